The van der Waals surface area contributed by atoms with Crippen LogP contribution in [-0.2, 0) is 17.6 Å². The molecule has 0 radical (unpaired) electrons. The minimum Gasteiger partial charge on any atom is -0.490 e. The van der Waals surface area contributed by atoms with Gasteiger partial charge in [-0.15, -0.1) is 0 Å². The van der Waals surface area contributed by atoms with E-state index in [4.69, 9.17) is 9.47 Å². The molecule has 0 spiro atoms. The highest BCUT2D eigenvalue weighted by Gasteiger charge is 2.14. The summed E-state index contributed by atoms with van der Waals surface area (Å²) in [6, 6.07) is 15.8. The molecule has 0 saturated carbocycles. The number of amides is 1. The SMILES string of the molecule is CCOc1ccc(CCN/C=C(/C#N)C(=O)NC(C)c2ccc(CC)cc2)cc1OCC. The number of ether oxygens (including phenoxy) is 2. The van der Waals surface area contributed by atoms with Crippen molar-refractivity contribution in [1.29, 1.82) is 5.26 Å². The molecule has 0 bridgehead atoms. The van der Waals surface area contributed by atoms with Crippen molar-refractivity contribution in [2.75, 3.05) is 19.8 Å². The lowest BCUT2D eigenvalue weighted by atomic mass is 10.0. The van der Waals surface area contributed by atoms with Crippen molar-refractivity contribution in [1.82, 2.24) is 10.6 Å². The van der Waals surface area contributed by atoms with Crippen LogP contribution >= 0.6 is 0 Å². The van der Waals surface area contributed by atoms with E-state index in [1.165, 1.54) is 11.8 Å². The fourth-order valence-corrected chi connectivity index (χ4v) is 3.19. The van der Waals surface area contributed by atoms with E-state index in [-0.39, 0.29) is 11.6 Å². The topological polar surface area (TPSA) is 83.4 Å². The summed E-state index contributed by atoms with van der Waals surface area (Å²) in [4.78, 5) is 12.5. The van der Waals surface area contributed by atoms with Gasteiger partial charge in [-0.05, 0) is 62.4 Å². The number of benzene rings is 2. The van der Waals surface area contributed by atoms with Gasteiger partial charge in [-0.1, -0.05) is 37.3 Å². The zero-order valence-electron chi connectivity index (χ0n) is 19.4. The number of nitrogens with zero attached hydrogens (tertiary/aromatic N) is 1. The van der Waals surface area contributed by atoms with E-state index in [1.807, 2.05) is 57.2 Å². The Bertz CT molecular complexity index is 946. The lowest BCUT2D eigenvalue weighted by Crippen LogP contribution is -2.28. The number of rotatable bonds is 12. The molecule has 2 rings (SSSR count). The zero-order chi connectivity index (χ0) is 23.3. The van der Waals surface area contributed by atoms with Crippen LogP contribution in [-0.4, -0.2) is 25.7 Å². The molecule has 170 valence electrons. The van der Waals surface area contributed by atoms with Crippen molar-refractivity contribution >= 4 is 5.91 Å². The Labute approximate surface area is 191 Å². The molecule has 0 aliphatic carbocycles. The van der Waals surface area contributed by atoms with Gasteiger partial charge in [0.2, 0.25) is 0 Å². The summed E-state index contributed by atoms with van der Waals surface area (Å²) in [5.74, 6) is 1.06. The van der Waals surface area contributed by atoms with Gasteiger partial charge in [0, 0.05) is 12.7 Å². The summed E-state index contributed by atoms with van der Waals surface area (Å²) in [5.41, 5.74) is 3.37. The van der Waals surface area contributed by atoms with Gasteiger partial charge in [-0.2, -0.15) is 5.26 Å². The molecule has 0 heterocycles. The molecule has 1 amide bonds. The van der Waals surface area contributed by atoms with Gasteiger partial charge < -0.3 is 20.1 Å². The Morgan fingerprint density at radius 1 is 1.03 bits per heavy atom. The molecular formula is C26H33N3O3. The molecule has 0 aliphatic heterocycles. The standard InChI is InChI=1S/C26H33N3O3/c1-5-20-8-11-22(12-9-20)19(4)29-26(30)23(17-27)18-28-15-14-21-10-13-24(31-6-2)25(16-21)32-7-3/h8-13,16,18-19,28H,5-7,14-15H2,1-4H3,(H,29,30)/b23-18-. The van der Waals surface area contributed by atoms with E-state index in [0.717, 1.165) is 29.0 Å². The molecule has 0 saturated heterocycles. The zero-order valence-corrected chi connectivity index (χ0v) is 19.4. The Morgan fingerprint density at radius 2 is 1.69 bits per heavy atom. The number of carbonyl (C=O) groups excluding carboxylic acids is 1. The average Bonchev–Trinajstić information content (AvgIpc) is 2.80. The van der Waals surface area contributed by atoms with Gasteiger partial charge in [-0.25, -0.2) is 0 Å². The van der Waals surface area contributed by atoms with Crippen LogP contribution in [0, 0.1) is 11.3 Å². The van der Waals surface area contributed by atoms with Crippen LogP contribution in [0.4, 0.5) is 0 Å². The van der Waals surface area contributed by atoms with Crippen LogP contribution in [0.1, 0.15) is 50.4 Å². The molecule has 2 aromatic carbocycles. The van der Waals surface area contributed by atoms with Crippen molar-refractivity contribution in [3.8, 4) is 17.6 Å². The molecule has 6 heteroatoms. The Kier molecular flexibility index (Phi) is 10.1. The first-order chi connectivity index (χ1) is 15.5. The van der Waals surface area contributed by atoms with Gasteiger partial charge in [0.15, 0.2) is 11.5 Å². The predicted molar refractivity (Wildman–Crippen MR) is 127 cm³/mol. The summed E-state index contributed by atoms with van der Waals surface area (Å²) in [6.45, 7) is 9.59. The maximum Gasteiger partial charge on any atom is 0.263 e. The first-order valence-corrected chi connectivity index (χ1v) is 11.1. The number of aryl methyl sites for hydroxylation is 1. The van der Waals surface area contributed by atoms with E-state index in [2.05, 4.69) is 29.7 Å². The molecule has 2 aromatic rings. The third-order valence-corrected chi connectivity index (χ3v) is 5.01. The highest BCUT2D eigenvalue weighted by Crippen LogP contribution is 2.28. The lowest BCUT2D eigenvalue weighted by Gasteiger charge is -2.14. The van der Waals surface area contributed by atoms with Crippen LogP contribution in [0.3, 0.4) is 0 Å². The van der Waals surface area contributed by atoms with E-state index in [1.54, 1.807) is 0 Å². The third kappa shape index (κ3) is 7.35. The second-order valence-electron chi connectivity index (χ2n) is 7.31. The van der Waals surface area contributed by atoms with Crippen molar-refractivity contribution < 1.29 is 14.3 Å². The summed E-state index contributed by atoms with van der Waals surface area (Å²) in [7, 11) is 0. The first kappa shape index (κ1) is 24.8. The van der Waals surface area contributed by atoms with Crippen molar-refractivity contribution in [3.63, 3.8) is 0 Å². The fourth-order valence-electron chi connectivity index (χ4n) is 3.19. The molecule has 1 atom stereocenters. The summed E-state index contributed by atoms with van der Waals surface area (Å²) < 4.78 is 11.2. The second kappa shape index (κ2) is 13.1. The number of carbonyl (C=O) groups is 1. The molecule has 0 fully saturated rings. The highest BCUT2D eigenvalue weighted by atomic mass is 16.5. The fraction of sp³-hybridized carbons (Fsp3) is 0.385. The van der Waals surface area contributed by atoms with Crippen molar-refractivity contribution in [3.05, 3.63) is 70.9 Å². The van der Waals surface area contributed by atoms with Crippen LogP contribution in [0.15, 0.2) is 54.2 Å². The van der Waals surface area contributed by atoms with Crippen LogP contribution in [0.2, 0.25) is 0 Å². The normalized spacial score (nSPS) is 11.9. The Balaban J connectivity index is 1.91. The minimum absolute atomic E-state index is 0.0451. The summed E-state index contributed by atoms with van der Waals surface area (Å²) in [6.07, 6.45) is 3.15. The van der Waals surface area contributed by atoms with E-state index in [0.29, 0.717) is 26.2 Å². The maximum absolute atomic E-state index is 12.5. The van der Waals surface area contributed by atoms with Gasteiger partial charge >= 0.3 is 0 Å². The van der Waals surface area contributed by atoms with Crippen LogP contribution in [0.5, 0.6) is 11.5 Å². The smallest absolute Gasteiger partial charge is 0.263 e. The summed E-state index contributed by atoms with van der Waals surface area (Å²) >= 11 is 0. The van der Waals surface area contributed by atoms with Crippen LogP contribution in [0.25, 0.3) is 0 Å². The number of hydrogen-bond donors (Lipinski definition) is 2. The molecular weight excluding hydrogens is 402 g/mol. The Morgan fingerprint density at radius 3 is 2.31 bits per heavy atom. The van der Waals surface area contributed by atoms with E-state index < -0.39 is 5.91 Å². The lowest BCUT2D eigenvalue weighted by molar-refractivity contribution is -0.117. The molecule has 1 unspecified atom stereocenters. The second-order valence-corrected chi connectivity index (χ2v) is 7.31. The molecule has 0 aromatic heterocycles. The Hall–Kier alpha value is -3.46. The molecule has 0 aliphatic rings. The van der Waals surface area contributed by atoms with Gasteiger partial charge in [0.1, 0.15) is 11.6 Å². The predicted octanol–water partition coefficient (Wildman–Crippen LogP) is 4.46. The maximum atomic E-state index is 12.5. The van der Waals surface area contributed by atoms with E-state index in [9.17, 15) is 10.1 Å². The monoisotopic (exact) mass is 435 g/mol. The van der Waals surface area contributed by atoms with Gasteiger partial charge in [0.25, 0.3) is 5.91 Å². The van der Waals surface area contributed by atoms with E-state index >= 15 is 0 Å². The highest BCUT2D eigenvalue weighted by molar-refractivity contribution is 5.97. The largest absolute Gasteiger partial charge is 0.490 e. The van der Waals surface area contributed by atoms with Crippen molar-refractivity contribution in [2.45, 2.75) is 46.6 Å². The van der Waals surface area contributed by atoms with Gasteiger partial charge in [0.05, 0.1) is 19.3 Å². The molecule has 32 heavy (non-hydrogen) atoms. The molecule has 6 nitrogen and oxygen atoms in total. The van der Waals surface area contributed by atoms with Crippen molar-refractivity contribution in [2.24, 2.45) is 0 Å². The number of nitriles is 1. The van der Waals surface area contributed by atoms with Gasteiger partial charge in [-0.3, -0.25) is 4.79 Å². The quantitative estimate of drug-likeness (QED) is 0.292. The minimum atomic E-state index is -0.397. The number of nitrogens with one attached hydrogen (secondary N) is 2. The summed E-state index contributed by atoms with van der Waals surface area (Å²) in [5, 5.41) is 15.3. The average molecular weight is 436 g/mol. The third-order valence-electron chi connectivity index (χ3n) is 5.01. The molecule has 2 N–H and O–H groups in total. The first-order valence-electron chi connectivity index (χ1n) is 11.1. The van der Waals surface area contributed by atoms with Crippen LogP contribution < -0.4 is 20.1 Å². The number of hydrogen-bond acceptors (Lipinski definition) is 5.